The zero-order chi connectivity index (χ0) is 13.0. The first-order valence-electron chi connectivity index (χ1n) is 6.49. The zero-order valence-electron chi connectivity index (χ0n) is 10.7. The maximum atomic E-state index is 5.87. The van der Waals surface area contributed by atoms with E-state index in [1.165, 1.54) is 24.2 Å². The highest BCUT2D eigenvalue weighted by molar-refractivity contribution is 5.85. The number of hydrogen-bond donors (Lipinski definition) is 2. The lowest BCUT2D eigenvalue weighted by Crippen LogP contribution is -1.94. The molecule has 1 fully saturated rings. The van der Waals surface area contributed by atoms with Gasteiger partial charge < -0.3 is 10.3 Å². The number of H-pyrrole nitrogens is 1. The highest BCUT2D eigenvalue weighted by Crippen LogP contribution is 2.40. The highest BCUT2D eigenvalue weighted by atomic mass is 15.1. The van der Waals surface area contributed by atoms with Gasteiger partial charge in [0.05, 0.1) is 17.2 Å². The Kier molecular flexibility index (Phi) is 2.01. The van der Waals surface area contributed by atoms with Gasteiger partial charge in [0.2, 0.25) is 0 Å². The van der Waals surface area contributed by atoms with Crippen molar-refractivity contribution in [2.45, 2.75) is 18.8 Å². The van der Waals surface area contributed by atoms with E-state index in [-0.39, 0.29) is 0 Å². The van der Waals surface area contributed by atoms with Crippen molar-refractivity contribution < 1.29 is 0 Å². The average Bonchev–Trinajstić information content (AvgIpc) is 3.09. The standard InChI is InChI=1S/C14H15N5/c1-19-12-5-4-9(10-7-16-18-13(10)15)6-11(12)17-14(19)8-2-3-8/h4-8H,2-3H2,1H3,(H3,15,16,18). The lowest BCUT2D eigenvalue weighted by molar-refractivity contribution is 0.820. The van der Waals surface area contributed by atoms with E-state index in [0.717, 1.165) is 16.6 Å². The van der Waals surface area contributed by atoms with Crippen molar-refractivity contribution in [2.24, 2.45) is 7.05 Å². The number of nitrogens with zero attached hydrogens (tertiary/aromatic N) is 3. The van der Waals surface area contributed by atoms with Gasteiger partial charge in [0.25, 0.3) is 0 Å². The summed E-state index contributed by atoms with van der Waals surface area (Å²) in [7, 11) is 2.09. The number of benzene rings is 1. The fourth-order valence-corrected chi connectivity index (χ4v) is 2.62. The SMILES string of the molecule is Cn1c(C2CC2)nc2cc(-c3cn[nH]c3N)ccc21. The van der Waals surface area contributed by atoms with Crippen LogP contribution in [0.25, 0.3) is 22.2 Å². The van der Waals surface area contributed by atoms with Gasteiger partial charge in [-0.05, 0) is 30.5 Å². The van der Waals surface area contributed by atoms with E-state index in [4.69, 9.17) is 10.7 Å². The van der Waals surface area contributed by atoms with E-state index >= 15 is 0 Å². The van der Waals surface area contributed by atoms with Crippen LogP contribution in [-0.4, -0.2) is 19.7 Å². The van der Waals surface area contributed by atoms with Crippen molar-refractivity contribution in [3.05, 3.63) is 30.2 Å². The Hall–Kier alpha value is -2.30. The first kappa shape index (κ1) is 10.6. The number of aryl methyl sites for hydroxylation is 1. The maximum Gasteiger partial charge on any atom is 0.126 e. The number of aromatic amines is 1. The van der Waals surface area contributed by atoms with Gasteiger partial charge in [-0.2, -0.15) is 5.10 Å². The molecular formula is C14H15N5. The molecule has 2 heterocycles. The van der Waals surface area contributed by atoms with E-state index in [1.54, 1.807) is 6.20 Å². The molecule has 0 spiro atoms. The predicted octanol–water partition coefficient (Wildman–Crippen LogP) is 2.42. The lowest BCUT2D eigenvalue weighted by atomic mass is 10.1. The largest absolute Gasteiger partial charge is 0.384 e. The third-order valence-corrected chi connectivity index (χ3v) is 3.84. The molecule has 1 aliphatic carbocycles. The number of rotatable bonds is 2. The first-order valence-corrected chi connectivity index (χ1v) is 6.49. The second-order valence-corrected chi connectivity index (χ2v) is 5.20. The van der Waals surface area contributed by atoms with Crippen LogP contribution in [0.3, 0.4) is 0 Å². The second-order valence-electron chi connectivity index (χ2n) is 5.20. The van der Waals surface area contributed by atoms with Crippen LogP contribution in [0, 0.1) is 0 Å². The fourth-order valence-electron chi connectivity index (χ4n) is 2.62. The lowest BCUT2D eigenvalue weighted by Gasteiger charge is -2.01. The summed E-state index contributed by atoms with van der Waals surface area (Å²) in [6.07, 6.45) is 4.28. The summed E-state index contributed by atoms with van der Waals surface area (Å²) in [5, 5.41) is 6.73. The Morgan fingerprint density at radius 3 is 2.89 bits per heavy atom. The molecule has 0 saturated heterocycles. The Morgan fingerprint density at radius 2 is 2.21 bits per heavy atom. The average molecular weight is 253 g/mol. The van der Waals surface area contributed by atoms with E-state index in [1.807, 2.05) is 0 Å². The van der Waals surface area contributed by atoms with Gasteiger partial charge in [-0.15, -0.1) is 0 Å². The number of hydrogen-bond acceptors (Lipinski definition) is 3. The van der Waals surface area contributed by atoms with Crippen molar-refractivity contribution in [3.8, 4) is 11.1 Å². The molecular weight excluding hydrogens is 238 g/mol. The molecule has 4 rings (SSSR count). The van der Waals surface area contributed by atoms with Gasteiger partial charge in [0.15, 0.2) is 0 Å². The van der Waals surface area contributed by atoms with E-state index in [9.17, 15) is 0 Å². The molecule has 1 aliphatic rings. The molecule has 0 bridgehead atoms. The van der Waals surface area contributed by atoms with Gasteiger partial charge >= 0.3 is 0 Å². The number of fused-ring (bicyclic) bond motifs is 1. The molecule has 0 radical (unpaired) electrons. The van der Waals surface area contributed by atoms with Crippen molar-refractivity contribution in [2.75, 3.05) is 5.73 Å². The summed E-state index contributed by atoms with van der Waals surface area (Å²) in [4.78, 5) is 4.77. The number of nitrogens with one attached hydrogen (secondary N) is 1. The molecule has 5 nitrogen and oxygen atoms in total. The molecule has 1 aromatic carbocycles. The van der Waals surface area contributed by atoms with Crippen LogP contribution in [0.15, 0.2) is 24.4 Å². The topological polar surface area (TPSA) is 72.5 Å². The Balaban J connectivity index is 1.90. The molecule has 96 valence electrons. The van der Waals surface area contributed by atoms with Crippen molar-refractivity contribution in [1.82, 2.24) is 19.7 Å². The number of imidazole rings is 1. The number of nitrogens with two attached hydrogens (primary N) is 1. The minimum absolute atomic E-state index is 0.595. The molecule has 0 atom stereocenters. The van der Waals surface area contributed by atoms with Gasteiger partial charge in [0, 0.05) is 18.5 Å². The minimum atomic E-state index is 0.595. The van der Waals surface area contributed by atoms with Crippen LogP contribution in [0.4, 0.5) is 5.82 Å². The highest BCUT2D eigenvalue weighted by Gasteiger charge is 2.28. The third-order valence-electron chi connectivity index (χ3n) is 3.84. The monoisotopic (exact) mass is 253 g/mol. The molecule has 5 heteroatoms. The van der Waals surface area contributed by atoms with E-state index in [2.05, 4.69) is 40.0 Å². The number of anilines is 1. The number of aromatic nitrogens is 4. The maximum absolute atomic E-state index is 5.87. The van der Waals surface area contributed by atoms with Crippen LogP contribution in [0.1, 0.15) is 24.6 Å². The normalized spacial score (nSPS) is 15.2. The second kappa shape index (κ2) is 3.60. The summed E-state index contributed by atoms with van der Waals surface area (Å²) in [6.45, 7) is 0. The van der Waals surface area contributed by atoms with Crippen LogP contribution in [0.2, 0.25) is 0 Å². The Morgan fingerprint density at radius 1 is 1.37 bits per heavy atom. The number of nitrogen functional groups attached to an aromatic ring is 1. The van der Waals surface area contributed by atoms with Gasteiger partial charge in [-0.1, -0.05) is 6.07 Å². The van der Waals surface area contributed by atoms with Gasteiger partial charge in [0.1, 0.15) is 11.6 Å². The summed E-state index contributed by atoms with van der Waals surface area (Å²) in [5.74, 6) is 2.45. The fraction of sp³-hybridized carbons (Fsp3) is 0.286. The van der Waals surface area contributed by atoms with Crippen LogP contribution >= 0.6 is 0 Å². The van der Waals surface area contributed by atoms with Gasteiger partial charge in [-0.25, -0.2) is 4.98 Å². The molecule has 19 heavy (non-hydrogen) atoms. The summed E-state index contributed by atoms with van der Waals surface area (Å²) < 4.78 is 2.20. The van der Waals surface area contributed by atoms with Crippen molar-refractivity contribution in [3.63, 3.8) is 0 Å². The van der Waals surface area contributed by atoms with Crippen LogP contribution in [-0.2, 0) is 7.05 Å². The predicted molar refractivity (Wildman–Crippen MR) is 74.7 cm³/mol. The van der Waals surface area contributed by atoms with Crippen LogP contribution < -0.4 is 5.73 Å². The van der Waals surface area contributed by atoms with Crippen molar-refractivity contribution >= 4 is 16.9 Å². The Bertz CT molecular complexity index is 763. The summed E-state index contributed by atoms with van der Waals surface area (Å²) in [6, 6.07) is 6.26. The quantitative estimate of drug-likeness (QED) is 0.736. The molecule has 0 aliphatic heterocycles. The zero-order valence-corrected chi connectivity index (χ0v) is 10.7. The van der Waals surface area contributed by atoms with E-state index < -0.39 is 0 Å². The molecule has 1 saturated carbocycles. The first-order chi connectivity index (χ1) is 9.24. The van der Waals surface area contributed by atoms with Gasteiger partial charge in [-0.3, -0.25) is 5.10 Å². The molecule has 3 aromatic rings. The molecule has 3 N–H and O–H groups in total. The smallest absolute Gasteiger partial charge is 0.126 e. The molecule has 0 unspecified atom stereocenters. The minimum Gasteiger partial charge on any atom is -0.384 e. The third kappa shape index (κ3) is 1.54. The van der Waals surface area contributed by atoms with E-state index in [0.29, 0.717) is 11.7 Å². The molecule has 0 amide bonds. The summed E-state index contributed by atoms with van der Waals surface area (Å²) >= 11 is 0. The Labute approximate surface area is 110 Å². The van der Waals surface area contributed by atoms with Crippen LogP contribution in [0.5, 0.6) is 0 Å². The van der Waals surface area contributed by atoms with Crippen molar-refractivity contribution in [1.29, 1.82) is 0 Å². The summed E-state index contributed by atoms with van der Waals surface area (Å²) in [5.41, 5.74) is 10.1. The molecule has 2 aromatic heterocycles.